The fourth-order valence-electron chi connectivity index (χ4n) is 4.28. The molecule has 0 amide bonds. The van der Waals surface area contributed by atoms with Gasteiger partial charge in [0.05, 0.1) is 21.2 Å². The molecule has 194 valence electrons. The smallest absolute Gasteiger partial charge is 0.258 e. The number of nitro benzene ring substituents is 1. The van der Waals surface area contributed by atoms with Gasteiger partial charge in [-0.15, -0.1) is 0 Å². The topological polar surface area (TPSA) is 92.9 Å². The van der Waals surface area contributed by atoms with Gasteiger partial charge < -0.3 is 0 Å². The second-order valence-electron chi connectivity index (χ2n) is 9.15. The van der Waals surface area contributed by atoms with Gasteiger partial charge in [0.2, 0.25) is 0 Å². The summed E-state index contributed by atoms with van der Waals surface area (Å²) < 4.78 is 30.0. The molecule has 0 aliphatic carbocycles. The first kappa shape index (κ1) is 25.8. The normalized spacial score (nSPS) is 11.9. The highest BCUT2D eigenvalue weighted by Gasteiger charge is 2.32. The molecular weight excluding hydrogens is 510 g/mol. The van der Waals surface area contributed by atoms with Crippen LogP contribution < -0.4 is 4.31 Å². The van der Waals surface area contributed by atoms with Crippen LogP contribution in [-0.2, 0) is 10.0 Å². The third kappa shape index (κ3) is 5.28. The lowest BCUT2D eigenvalue weighted by Crippen LogP contribution is -2.37. The van der Waals surface area contributed by atoms with Gasteiger partial charge in [0.1, 0.15) is 0 Å². The van der Waals surface area contributed by atoms with Gasteiger partial charge in [0, 0.05) is 17.7 Å². The average Bonchev–Trinajstić information content (AvgIpc) is 2.94. The Hall–Kier alpha value is -4.82. The molecule has 0 fully saturated rings. The molecular formula is C31H25N3O4S. The van der Waals surface area contributed by atoms with Crippen molar-refractivity contribution in [1.29, 1.82) is 0 Å². The second kappa shape index (κ2) is 10.5. The summed E-state index contributed by atoms with van der Waals surface area (Å²) in [5.74, 6) is 0.206. The van der Waals surface area contributed by atoms with Crippen LogP contribution in [0.25, 0.3) is 10.8 Å². The zero-order chi connectivity index (χ0) is 27.6. The van der Waals surface area contributed by atoms with Crippen LogP contribution in [0, 0.1) is 24.0 Å². The van der Waals surface area contributed by atoms with Crippen LogP contribution in [0.4, 0.5) is 17.1 Å². The van der Waals surface area contributed by atoms with Gasteiger partial charge in [0.15, 0.2) is 5.84 Å². The Labute approximate surface area is 226 Å². The minimum atomic E-state index is -4.27. The Kier molecular flexibility index (Phi) is 6.96. The van der Waals surface area contributed by atoms with Gasteiger partial charge in [-0.25, -0.2) is 17.7 Å². The molecule has 0 unspecified atom stereocenters. The number of amidine groups is 1. The molecule has 0 aromatic heterocycles. The lowest BCUT2D eigenvalue weighted by molar-refractivity contribution is -0.384. The summed E-state index contributed by atoms with van der Waals surface area (Å²) in [5.41, 5.74) is 3.42. The van der Waals surface area contributed by atoms with Gasteiger partial charge >= 0.3 is 0 Å². The number of nitro groups is 1. The summed E-state index contributed by atoms with van der Waals surface area (Å²) in [6, 6.07) is 32.9. The highest BCUT2D eigenvalue weighted by Crippen LogP contribution is 2.32. The first-order chi connectivity index (χ1) is 18.7. The van der Waals surface area contributed by atoms with Crippen LogP contribution in [-0.4, -0.2) is 19.2 Å². The van der Waals surface area contributed by atoms with Gasteiger partial charge in [-0.1, -0.05) is 77.9 Å². The summed E-state index contributed by atoms with van der Waals surface area (Å²) in [6.45, 7) is 3.89. The molecule has 5 aromatic carbocycles. The first-order valence-corrected chi connectivity index (χ1v) is 13.7. The minimum absolute atomic E-state index is 0.0921. The number of sulfonamides is 1. The fourth-order valence-corrected chi connectivity index (χ4v) is 5.73. The Bertz CT molecular complexity index is 1790. The van der Waals surface area contributed by atoms with Crippen molar-refractivity contribution in [2.45, 2.75) is 18.7 Å². The Morgan fingerprint density at radius 1 is 0.744 bits per heavy atom. The third-order valence-corrected chi connectivity index (χ3v) is 8.08. The molecule has 0 aliphatic heterocycles. The van der Waals surface area contributed by atoms with Crippen molar-refractivity contribution in [3.8, 4) is 0 Å². The van der Waals surface area contributed by atoms with Crippen LogP contribution in [0.2, 0.25) is 0 Å². The van der Waals surface area contributed by atoms with Crippen molar-refractivity contribution in [3.63, 3.8) is 0 Å². The number of benzene rings is 5. The molecule has 5 rings (SSSR count). The summed E-state index contributed by atoms with van der Waals surface area (Å²) in [6.07, 6.45) is 0. The summed E-state index contributed by atoms with van der Waals surface area (Å²) in [7, 11) is -4.27. The fraction of sp³-hybridized carbons (Fsp3) is 0.0645. The van der Waals surface area contributed by atoms with Crippen molar-refractivity contribution in [3.05, 3.63) is 142 Å². The minimum Gasteiger partial charge on any atom is -0.258 e. The number of aliphatic imine (C=N–C) groups is 1. The molecule has 0 heterocycles. The van der Waals surface area contributed by atoms with Crippen molar-refractivity contribution >= 4 is 43.7 Å². The van der Waals surface area contributed by atoms with Crippen LogP contribution in [0.3, 0.4) is 0 Å². The Morgan fingerprint density at radius 3 is 1.97 bits per heavy atom. The molecule has 0 aliphatic rings. The maximum atomic E-state index is 14.4. The lowest BCUT2D eigenvalue weighted by atomic mass is 10.0. The van der Waals surface area contributed by atoms with Gasteiger partial charge in [-0.05, 0) is 61.0 Å². The van der Waals surface area contributed by atoms with Crippen molar-refractivity contribution in [2.24, 2.45) is 4.99 Å². The summed E-state index contributed by atoms with van der Waals surface area (Å²) >= 11 is 0. The predicted octanol–water partition coefficient (Wildman–Crippen LogP) is 7.34. The highest BCUT2D eigenvalue weighted by atomic mass is 32.2. The van der Waals surface area contributed by atoms with Crippen molar-refractivity contribution < 1.29 is 13.3 Å². The molecule has 0 saturated carbocycles. The van der Waals surface area contributed by atoms with E-state index < -0.39 is 14.9 Å². The van der Waals surface area contributed by atoms with E-state index in [0.29, 0.717) is 16.9 Å². The Balaban J connectivity index is 1.82. The number of aryl methyl sites for hydroxylation is 2. The molecule has 0 saturated heterocycles. The number of nitrogens with zero attached hydrogens (tertiary/aromatic N) is 3. The standard InChI is InChI=1S/C31H25N3O4S/c1-22-10-14-25(15-11-22)32-31(30-9-5-7-24-6-3-4-8-29(24)30)33(26-16-12-23(2)13-17-26)39(37,38)28-20-18-27(19-21-28)34(35)36/h3-21H,1-2H3. The van der Waals surface area contributed by atoms with E-state index >= 15 is 0 Å². The molecule has 0 N–H and O–H groups in total. The van der Waals surface area contributed by atoms with Crippen molar-refractivity contribution in [2.75, 3.05) is 4.31 Å². The largest absolute Gasteiger partial charge is 0.269 e. The van der Waals surface area contributed by atoms with E-state index in [2.05, 4.69) is 0 Å². The third-order valence-electron chi connectivity index (χ3n) is 6.35. The number of non-ortho nitro benzene ring substituents is 1. The number of hydrogen-bond acceptors (Lipinski definition) is 5. The molecule has 39 heavy (non-hydrogen) atoms. The maximum Gasteiger partial charge on any atom is 0.269 e. The average molecular weight is 536 g/mol. The molecule has 7 nitrogen and oxygen atoms in total. The maximum absolute atomic E-state index is 14.4. The molecule has 0 bridgehead atoms. The van der Waals surface area contributed by atoms with Crippen LogP contribution >= 0.6 is 0 Å². The second-order valence-corrected chi connectivity index (χ2v) is 10.9. The molecule has 0 radical (unpaired) electrons. The monoisotopic (exact) mass is 535 g/mol. The zero-order valence-electron chi connectivity index (χ0n) is 21.4. The van der Waals surface area contributed by atoms with E-state index in [1.807, 2.05) is 92.7 Å². The molecule has 0 atom stereocenters. The van der Waals surface area contributed by atoms with Gasteiger partial charge in [0.25, 0.3) is 15.7 Å². The summed E-state index contributed by atoms with van der Waals surface area (Å²) in [4.78, 5) is 15.5. The van der Waals surface area contributed by atoms with Gasteiger partial charge in [-0.3, -0.25) is 10.1 Å². The van der Waals surface area contributed by atoms with Crippen LogP contribution in [0.15, 0.2) is 125 Å². The van der Waals surface area contributed by atoms with Crippen LogP contribution in [0.1, 0.15) is 16.7 Å². The number of fused-ring (bicyclic) bond motifs is 1. The van der Waals surface area contributed by atoms with E-state index in [0.717, 1.165) is 21.9 Å². The zero-order valence-corrected chi connectivity index (χ0v) is 22.2. The number of hydrogen-bond donors (Lipinski definition) is 0. The molecule has 5 aromatic rings. The van der Waals surface area contributed by atoms with E-state index in [-0.39, 0.29) is 16.4 Å². The number of anilines is 1. The van der Waals surface area contributed by atoms with E-state index in [4.69, 9.17) is 4.99 Å². The van der Waals surface area contributed by atoms with Crippen LogP contribution in [0.5, 0.6) is 0 Å². The van der Waals surface area contributed by atoms with E-state index in [1.165, 1.54) is 28.6 Å². The predicted molar refractivity (Wildman–Crippen MR) is 155 cm³/mol. The Morgan fingerprint density at radius 2 is 1.33 bits per heavy atom. The highest BCUT2D eigenvalue weighted by molar-refractivity contribution is 7.93. The SMILES string of the molecule is Cc1ccc(N=C(c2cccc3ccccc23)N(c2ccc(C)cc2)S(=O)(=O)c2ccc([N+](=O)[O-])cc2)cc1. The van der Waals surface area contributed by atoms with E-state index in [9.17, 15) is 18.5 Å². The quantitative estimate of drug-likeness (QED) is 0.0984. The number of rotatable bonds is 6. The van der Waals surface area contributed by atoms with E-state index in [1.54, 1.807) is 12.1 Å². The molecule has 0 spiro atoms. The lowest BCUT2D eigenvalue weighted by Gasteiger charge is -2.27. The summed E-state index contributed by atoms with van der Waals surface area (Å²) in [5, 5.41) is 13.0. The first-order valence-electron chi connectivity index (χ1n) is 12.2. The van der Waals surface area contributed by atoms with Gasteiger partial charge in [-0.2, -0.15) is 0 Å². The van der Waals surface area contributed by atoms with Crippen molar-refractivity contribution in [1.82, 2.24) is 0 Å². The molecule has 8 heteroatoms.